The zero-order valence-electron chi connectivity index (χ0n) is 18.6. The first-order valence-corrected chi connectivity index (χ1v) is 10.7. The van der Waals surface area contributed by atoms with Crippen LogP contribution < -0.4 is 20.1 Å². The van der Waals surface area contributed by atoms with Crippen LogP contribution >= 0.6 is 0 Å². The van der Waals surface area contributed by atoms with E-state index in [2.05, 4.69) is 10.6 Å². The van der Waals surface area contributed by atoms with Gasteiger partial charge in [0.15, 0.2) is 6.10 Å². The number of para-hydroxylation sites is 2. The van der Waals surface area contributed by atoms with Gasteiger partial charge in [0.05, 0.1) is 24.0 Å². The fraction of sp³-hybridized carbons (Fsp3) is 0.115. The molecule has 0 fully saturated rings. The average Bonchev–Trinajstić information content (AvgIpc) is 3.31. The summed E-state index contributed by atoms with van der Waals surface area (Å²) in [5.74, 6) is 0.576. The van der Waals surface area contributed by atoms with Crippen LogP contribution in [-0.2, 0) is 4.79 Å². The van der Waals surface area contributed by atoms with Gasteiger partial charge >= 0.3 is 0 Å². The number of hydrogen-bond donors (Lipinski definition) is 2. The molecule has 5 rings (SSSR count). The van der Waals surface area contributed by atoms with Crippen molar-refractivity contribution in [1.29, 1.82) is 0 Å². The van der Waals surface area contributed by atoms with Crippen molar-refractivity contribution in [2.75, 3.05) is 17.7 Å². The summed E-state index contributed by atoms with van der Waals surface area (Å²) in [5, 5.41) is 10.4. The SMILES string of the molecule is COc1ccccc1-c1nn(-c2ccccc2)cc1C(=O)Nc1ccc2c(c1)NC(=O)[C@H](C)O2. The number of amides is 2. The molecule has 0 radical (unpaired) electrons. The van der Waals surface area contributed by atoms with Crippen LogP contribution in [0, 0.1) is 0 Å². The molecule has 1 atom stereocenters. The van der Waals surface area contributed by atoms with E-state index in [4.69, 9.17) is 14.6 Å². The Morgan fingerprint density at radius 2 is 1.85 bits per heavy atom. The summed E-state index contributed by atoms with van der Waals surface area (Å²) < 4.78 is 12.8. The number of hydrogen-bond acceptors (Lipinski definition) is 5. The van der Waals surface area contributed by atoms with Crippen molar-refractivity contribution in [3.05, 3.63) is 84.6 Å². The molecule has 8 nitrogen and oxygen atoms in total. The van der Waals surface area contributed by atoms with Crippen LogP contribution in [0.4, 0.5) is 11.4 Å². The summed E-state index contributed by atoms with van der Waals surface area (Å²) in [7, 11) is 1.58. The Labute approximate surface area is 196 Å². The standard InChI is InChI=1S/C26H22N4O4/c1-16-25(31)28-21-14-17(12-13-23(21)34-16)27-26(32)20-15-30(18-8-4-3-5-9-18)29-24(20)19-10-6-7-11-22(19)33-2/h3-16H,1-2H3,(H,27,32)(H,28,31)/t16-/m0/s1. The predicted octanol–water partition coefficient (Wildman–Crippen LogP) is 4.52. The summed E-state index contributed by atoms with van der Waals surface area (Å²) in [5.41, 5.74) is 3.40. The molecule has 1 aliphatic heterocycles. The molecule has 1 aromatic heterocycles. The van der Waals surface area contributed by atoms with Crippen LogP contribution in [0.1, 0.15) is 17.3 Å². The highest BCUT2D eigenvalue weighted by molar-refractivity contribution is 6.09. The van der Waals surface area contributed by atoms with Gasteiger partial charge in [-0.15, -0.1) is 0 Å². The zero-order chi connectivity index (χ0) is 23.7. The van der Waals surface area contributed by atoms with E-state index in [-0.39, 0.29) is 11.8 Å². The fourth-order valence-electron chi connectivity index (χ4n) is 3.78. The molecule has 170 valence electrons. The number of carbonyl (C=O) groups is 2. The summed E-state index contributed by atoms with van der Waals surface area (Å²) >= 11 is 0. The number of nitrogens with zero attached hydrogens (tertiary/aromatic N) is 2. The Kier molecular flexibility index (Phi) is 5.47. The number of benzene rings is 3. The molecule has 0 saturated carbocycles. The zero-order valence-corrected chi connectivity index (χ0v) is 18.6. The van der Waals surface area contributed by atoms with E-state index < -0.39 is 6.10 Å². The van der Waals surface area contributed by atoms with E-state index in [9.17, 15) is 9.59 Å². The lowest BCUT2D eigenvalue weighted by molar-refractivity contribution is -0.122. The van der Waals surface area contributed by atoms with Crippen LogP contribution in [0.5, 0.6) is 11.5 Å². The summed E-state index contributed by atoms with van der Waals surface area (Å²) in [6, 6.07) is 22.1. The number of ether oxygens (including phenoxy) is 2. The third-order valence-corrected chi connectivity index (χ3v) is 5.51. The third kappa shape index (κ3) is 3.97. The monoisotopic (exact) mass is 454 g/mol. The molecule has 0 unspecified atom stereocenters. The summed E-state index contributed by atoms with van der Waals surface area (Å²) in [6.45, 7) is 1.68. The van der Waals surface area contributed by atoms with E-state index in [1.54, 1.807) is 43.1 Å². The smallest absolute Gasteiger partial charge is 0.265 e. The van der Waals surface area contributed by atoms with Crippen LogP contribution in [0.2, 0.25) is 0 Å². The van der Waals surface area contributed by atoms with Gasteiger partial charge in [-0.3, -0.25) is 9.59 Å². The maximum absolute atomic E-state index is 13.4. The first-order valence-electron chi connectivity index (χ1n) is 10.7. The van der Waals surface area contributed by atoms with Crippen LogP contribution in [-0.4, -0.2) is 34.8 Å². The van der Waals surface area contributed by atoms with Crippen LogP contribution in [0.3, 0.4) is 0 Å². The van der Waals surface area contributed by atoms with Crippen molar-refractivity contribution in [2.24, 2.45) is 0 Å². The Hall–Kier alpha value is -4.59. The molecule has 1 aliphatic rings. The molecule has 0 bridgehead atoms. The highest BCUT2D eigenvalue weighted by atomic mass is 16.5. The van der Waals surface area contributed by atoms with Crippen molar-refractivity contribution in [3.63, 3.8) is 0 Å². The van der Waals surface area contributed by atoms with E-state index in [1.807, 2.05) is 54.6 Å². The minimum atomic E-state index is -0.569. The van der Waals surface area contributed by atoms with Crippen LogP contribution in [0.25, 0.3) is 16.9 Å². The Morgan fingerprint density at radius 1 is 1.09 bits per heavy atom. The molecule has 8 heteroatoms. The van der Waals surface area contributed by atoms with E-state index in [1.165, 1.54) is 0 Å². The molecular weight excluding hydrogens is 432 g/mol. The van der Waals surface area contributed by atoms with E-state index in [0.29, 0.717) is 39.7 Å². The van der Waals surface area contributed by atoms with Gasteiger partial charge in [0.2, 0.25) is 0 Å². The fourth-order valence-corrected chi connectivity index (χ4v) is 3.78. The average molecular weight is 454 g/mol. The maximum atomic E-state index is 13.4. The number of methoxy groups -OCH3 is 1. The lowest BCUT2D eigenvalue weighted by Crippen LogP contribution is -2.34. The van der Waals surface area contributed by atoms with Gasteiger partial charge in [-0.1, -0.05) is 30.3 Å². The minimum absolute atomic E-state index is 0.237. The molecule has 2 heterocycles. The van der Waals surface area contributed by atoms with E-state index >= 15 is 0 Å². The van der Waals surface area contributed by atoms with Gasteiger partial charge in [0.25, 0.3) is 11.8 Å². The Balaban J connectivity index is 1.52. The first-order chi connectivity index (χ1) is 16.5. The van der Waals surface area contributed by atoms with Crippen molar-refractivity contribution in [1.82, 2.24) is 9.78 Å². The van der Waals surface area contributed by atoms with Crippen LogP contribution in [0.15, 0.2) is 79.0 Å². The quantitative estimate of drug-likeness (QED) is 0.462. The van der Waals surface area contributed by atoms with E-state index in [0.717, 1.165) is 5.69 Å². The molecule has 2 N–H and O–H groups in total. The second-order valence-corrected chi connectivity index (χ2v) is 7.79. The number of rotatable bonds is 5. The van der Waals surface area contributed by atoms with Crippen molar-refractivity contribution in [2.45, 2.75) is 13.0 Å². The largest absolute Gasteiger partial charge is 0.496 e. The van der Waals surface area contributed by atoms with Gasteiger partial charge in [-0.2, -0.15) is 5.10 Å². The van der Waals surface area contributed by atoms with Gasteiger partial charge in [-0.05, 0) is 49.4 Å². The molecule has 3 aromatic carbocycles. The topological polar surface area (TPSA) is 94.5 Å². The normalized spacial score (nSPS) is 14.5. The predicted molar refractivity (Wildman–Crippen MR) is 129 cm³/mol. The number of anilines is 2. The highest BCUT2D eigenvalue weighted by Crippen LogP contribution is 2.34. The van der Waals surface area contributed by atoms with Crippen molar-refractivity contribution in [3.8, 4) is 28.4 Å². The molecule has 0 saturated heterocycles. The highest BCUT2D eigenvalue weighted by Gasteiger charge is 2.25. The molecule has 4 aromatic rings. The first kappa shape index (κ1) is 21.3. The molecule has 0 aliphatic carbocycles. The maximum Gasteiger partial charge on any atom is 0.265 e. The number of aromatic nitrogens is 2. The van der Waals surface area contributed by atoms with Gasteiger partial charge in [0, 0.05) is 17.4 Å². The lowest BCUT2D eigenvalue weighted by atomic mass is 10.1. The molecule has 34 heavy (non-hydrogen) atoms. The summed E-state index contributed by atoms with van der Waals surface area (Å²) in [6.07, 6.45) is 1.12. The van der Waals surface area contributed by atoms with Crippen molar-refractivity contribution >= 4 is 23.2 Å². The molecular formula is C26H22N4O4. The second-order valence-electron chi connectivity index (χ2n) is 7.79. The third-order valence-electron chi connectivity index (χ3n) is 5.51. The minimum Gasteiger partial charge on any atom is -0.496 e. The number of fused-ring (bicyclic) bond motifs is 1. The molecule has 0 spiro atoms. The Bertz CT molecular complexity index is 1380. The lowest BCUT2D eigenvalue weighted by Gasteiger charge is -2.23. The second kappa shape index (κ2) is 8.74. The molecule has 2 amide bonds. The van der Waals surface area contributed by atoms with Gasteiger partial charge in [-0.25, -0.2) is 4.68 Å². The Morgan fingerprint density at radius 3 is 2.65 bits per heavy atom. The number of nitrogens with one attached hydrogen (secondary N) is 2. The van der Waals surface area contributed by atoms with Gasteiger partial charge in [0.1, 0.15) is 17.2 Å². The van der Waals surface area contributed by atoms with Gasteiger partial charge < -0.3 is 20.1 Å². The summed E-state index contributed by atoms with van der Waals surface area (Å²) in [4.78, 5) is 25.4. The number of carbonyl (C=O) groups excluding carboxylic acids is 2. The van der Waals surface area contributed by atoms with Crippen molar-refractivity contribution < 1.29 is 19.1 Å².